The quantitative estimate of drug-likeness (QED) is 0.548. The van der Waals surface area contributed by atoms with Gasteiger partial charge in [-0.2, -0.15) is 0 Å². The number of allylic oxidation sites excluding steroid dienone is 1. The monoisotopic (exact) mass is 430 g/mol. The lowest BCUT2D eigenvalue weighted by Gasteiger charge is -2.32. The third-order valence-electron chi connectivity index (χ3n) is 5.64. The van der Waals surface area contributed by atoms with Gasteiger partial charge in [0.25, 0.3) is 0 Å². The summed E-state index contributed by atoms with van der Waals surface area (Å²) in [7, 11) is 2.19. The first-order chi connectivity index (χ1) is 15.0. The first-order valence-corrected chi connectivity index (χ1v) is 12.1. The Bertz CT molecular complexity index is 688. The number of benzene rings is 1. The number of hydrogen-bond acceptors (Lipinski definition) is 5. The highest BCUT2D eigenvalue weighted by atomic mass is 16.3. The molecule has 4 N–H and O–H groups in total. The number of nitrogens with one attached hydrogen (secondary N) is 1. The van der Waals surface area contributed by atoms with Gasteiger partial charge in [-0.25, -0.2) is 0 Å². The molecular weight excluding hydrogens is 384 g/mol. The molecule has 3 aliphatic heterocycles. The van der Waals surface area contributed by atoms with Crippen LogP contribution in [0.4, 0.5) is 5.69 Å². The maximum Gasteiger partial charge on any atom is 0.103 e. The van der Waals surface area contributed by atoms with Crippen molar-refractivity contribution in [2.75, 3.05) is 25.9 Å². The van der Waals surface area contributed by atoms with Crippen LogP contribution in [0.2, 0.25) is 0 Å². The Labute approximate surface area is 191 Å². The van der Waals surface area contributed by atoms with Crippen molar-refractivity contribution in [3.8, 4) is 0 Å². The van der Waals surface area contributed by atoms with Crippen LogP contribution in [-0.2, 0) is 0 Å². The number of piperidine rings is 1. The van der Waals surface area contributed by atoms with Gasteiger partial charge in [-0.05, 0) is 77.4 Å². The van der Waals surface area contributed by atoms with Crippen LogP contribution in [0.25, 0.3) is 5.70 Å². The van der Waals surface area contributed by atoms with E-state index in [1.165, 1.54) is 43.7 Å². The number of fused-ring (bicyclic) bond motifs is 1. The van der Waals surface area contributed by atoms with Crippen LogP contribution >= 0.6 is 0 Å². The third kappa shape index (κ3) is 7.89. The Morgan fingerprint density at radius 2 is 1.61 bits per heavy atom. The summed E-state index contributed by atoms with van der Waals surface area (Å²) in [4.78, 5) is 4.63. The zero-order valence-corrected chi connectivity index (χ0v) is 20.9. The predicted molar refractivity (Wildman–Crippen MR) is 135 cm³/mol. The van der Waals surface area contributed by atoms with E-state index in [0.29, 0.717) is 6.17 Å². The van der Waals surface area contributed by atoms with Gasteiger partial charge in [-0.15, -0.1) is 0 Å². The molecule has 1 aromatic carbocycles. The normalized spacial score (nSPS) is 21.1. The van der Waals surface area contributed by atoms with E-state index in [1.54, 1.807) is 0 Å². The van der Waals surface area contributed by atoms with Gasteiger partial charge in [0.05, 0.1) is 11.8 Å². The Morgan fingerprint density at radius 3 is 2.10 bits per heavy atom. The molecule has 1 aromatic rings. The van der Waals surface area contributed by atoms with Gasteiger partial charge in [-0.3, -0.25) is 0 Å². The summed E-state index contributed by atoms with van der Waals surface area (Å²) >= 11 is 0. The minimum atomic E-state index is -0.385. The standard InChI is InChI=1S/C16H21N3O.C6H13N.2C2H6/c1-10-16(12-3-6-14(17)7-4-12)19-9-13(11(2)20)5-8-15(19)18-10;1-7-5-3-2-4-6-7;2*1-2/h3-4,6-7,9,11,15,18,20H,5,8,17H2,1-2H3;2-6H2,1H3;2*1-2H3. The van der Waals surface area contributed by atoms with Gasteiger partial charge in [0.2, 0.25) is 0 Å². The minimum absolute atomic E-state index is 0.296. The number of aliphatic hydroxyl groups is 1. The summed E-state index contributed by atoms with van der Waals surface area (Å²) in [5, 5.41) is 13.3. The maximum atomic E-state index is 9.81. The average molecular weight is 431 g/mol. The maximum absolute atomic E-state index is 9.81. The molecule has 0 radical (unpaired) electrons. The number of anilines is 1. The summed E-state index contributed by atoms with van der Waals surface area (Å²) in [6.07, 6.45) is 8.22. The SMILES string of the molecule is CC.CC.CC1=C(c2ccc(N)cc2)N2C=C(C(C)O)CCC2N1.CN1CCCCC1. The van der Waals surface area contributed by atoms with Crippen LogP contribution in [0.3, 0.4) is 0 Å². The van der Waals surface area contributed by atoms with Crippen molar-refractivity contribution >= 4 is 11.4 Å². The lowest BCUT2D eigenvalue weighted by molar-refractivity contribution is 0.210. The topological polar surface area (TPSA) is 64.8 Å². The van der Waals surface area contributed by atoms with E-state index in [4.69, 9.17) is 5.73 Å². The molecule has 1 fully saturated rings. The molecule has 5 nitrogen and oxygen atoms in total. The van der Waals surface area contributed by atoms with Crippen LogP contribution in [-0.4, -0.2) is 47.3 Å². The van der Waals surface area contributed by atoms with E-state index in [0.717, 1.165) is 29.7 Å². The van der Waals surface area contributed by atoms with Crippen LogP contribution in [0.5, 0.6) is 0 Å². The zero-order valence-electron chi connectivity index (χ0n) is 20.9. The first kappa shape index (κ1) is 27.1. The van der Waals surface area contributed by atoms with E-state index < -0.39 is 0 Å². The van der Waals surface area contributed by atoms with E-state index in [-0.39, 0.29) is 6.10 Å². The number of hydrogen-bond donors (Lipinski definition) is 3. The lowest BCUT2D eigenvalue weighted by Crippen LogP contribution is -2.37. The predicted octanol–water partition coefficient (Wildman–Crippen LogP) is 5.40. The Morgan fingerprint density at radius 1 is 1.03 bits per heavy atom. The van der Waals surface area contributed by atoms with Crippen molar-refractivity contribution in [2.24, 2.45) is 0 Å². The van der Waals surface area contributed by atoms with Gasteiger partial charge in [0, 0.05) is 23.1 Å². The summed E-state index contributed by atoms with van der Waals surface area (Å²) in [6.45, 7) is 14.6. The van der Waals surface area contributed by atoms with Crippen molar-refractivity contribution in [3.05, 3.63) is 47.3 Å². The molecule has 5 heteroatoms. The molecule has 0 bridgehead atoms. The lowest BCUT2D eigenvalue weighted by atomic mass is 10.0. The fraction of sp³-hybridized carbons (Fsp3) is 0.615. The van der Waals surface area contributed by atoms with Gasteiger partial charge < -0.3 is 26.0 Å². The fourth-order valence-corrected chi connectivity index (χ4v) is 4.03. The number of likely N-dealkylation sites (tertiary alicyclic amines) is 1. The molecular formula is C26H46N4O. The average Bonchev–Trinajstić information content (AvgIpc) is 3.13. The summed E-state index contributed by atoms with van der Waals surface area (Å²) in [6, 6.07) is 7.93. The van der Waals surface area contributed by atoms with Crippen molar-refractivity contribution in [1.82, 2.24) is 15.1 Å². The molecule has 0 amide bonds. The molecule has 0 spiro atoms. The van der Waals surface area contributed by atoms with Gasteiger partial charge >= 0.3 is 0 Å². The van der Waals surface area contributed by atoms with Crippen molar-refractivity contribution in [2.45, 2.75) is 85.9 Å². The molecule has 3 aliphatic rings. The molecule has 3 heterocycles. The molecule has 2 unspecified atom stereocenters. The molecule has 31 heavy (non-hydrogen) atoms. The minimum Gasteiger partial charge on any atom is -0.399 e. The molecule has 0 aromatic heterocycles. The van der Waals surface area contributed by atoms with Gasteiger partial charge in [-0.1, -0.05) is 46.2 Å². The van der Waals surface area contributed by atoms with Gasteiger partial charge in [0.1, 0.15) is 6.17 Å². The Kier molecular flexibility index (Phi) is 12.4. The highest BCUT2D eigenvalue weighted by Gasteiger charge is 2.32. The highest BCUT2D eigenvalue weighted by Crippen LogP contribution is 2.36. The molecule has 2 atom stereocenters. The number of nitrogens with zero attached hydrogens (tertiary/aromatic N) is 2. The van der Waals surface area contributed by atoms with Crippen molar-refractivity contribution in [1.29, 1.82) is 0 Å². The largest absolute Gasteiger partial charge is 0.399 e. The zero-order chi connectivity index (χ0) is 23.4. The van der Waals surface area contributed by atoms with Crippen LogP contribution in [0, 0.1) is 0 Å². The van der Waals surface area contributed by atoms with Crippen LogP contribution in [0.15, 0.2) is 41.7 Å². The summed E-state index contributed by atoms with van der Waals surface area (Å²) < 4.78 is 0. The molecule has 176 valence electrons. The van der Waals surface area contributed by atoms with E-state index in [1.807, 2.05) is 58.9 Å². The van der Waals surface area contributed by atoms with Gasteiger partial charge in [0.15, 0.2) is 0 Å². The first-order valence-electron chi connectivity index (χ1n) is 12.1. The smallest absolute Gasteiger partial charge is 0.103 e. The third-order valence-corrected chi connectivity index (χ3v) is 5.64. The second kappa shape index (κ2) is 14.2. The number of nitrogens with two attached hydrogens (primary N) is 1. The van der Waals surface area contributed by atoms with E-state index in [9.17, 15) is 5.11 Å². The Balaban J connectivity index is 0.000000366. The fourth-order valence-electron chi connectivity index (χ4n) is 4.03. The van der Waals surface area contributed by atoms with Crippen molar-refractivity contribution < 1.29 is 5.11 Å². The molecule has 0 aliphatic carbocycles. The number of aliphatic hydroxyl groups excluding tert-OH is 1. The second-order valence-corrected chi connectivity index (χ2v) is 7.95. The number of rotatable bonds is 2. The molecule has 1 saturated heterocycles. The van der Waals surface area contributed by atoms with E-state index in [2.05, 4.69) is 35.3 Å². The summed E-state index contributed by atoms with van der Waals surface area (Å²) in [5.74, 6) is 0. The van der Waals surface area contributed by atoms with Crippen LogP contribution in [0.1, 0.15) is 79.2 Å². The van der Waals surface area contributed by atoms with Crippen LogP contribution < -0.4 is 11.1 Å². The summed E-state index contributed by atoms with van der Waals surface area (Å²) in [5.41, 5.74) is 11.1. The van der Waals surface area contributed by atoms with E-state index >= 15 is 0 Å². The van der Waals surface area contributed by atoms with Crippen molar-refractivity contribution in [3.63, 3.8) is 0 Å². The Hall–Kier alpha value is -1.98. The highest BCUT2D eigenvalue weighted by molar-refractivity contribution is 5.71. The molecule has 0 saturated carbocycles. The second-order valence-electron chi connectivity index (χ2n) is 7.95. The number of nitrogen functional groups attached to an aromatic ring is 1. The molecule has 4 rings (SSSR count).